The SMILES string of the molecule is CC(=O)CCCCOc1c(F)cccc1F. The van der Waals surface area contributed by atoms with Gasteiger partial charge >= 0.3 is 0 Å². The van der Waals surface area contributed by atoms with Crippen LogP contribution in [0.4, 0.5) is 8.78 Å². The molecule has 0 spiro atoms. The standard InChI is InChI=1S/C12H14F2O2/c1-9(15)5-2-3-8-16-12-10(13)6-4-7-11(12)14/h4,6-7H,2-3,5,8H2,1H3. The molecule has 0 aliphatic heterocycles. The highest BCUT2D eigenvalue weighted by Gasteiger charge is 2.08. The summed E-state index contributed by atoms with van der Waals surface area (Å²) in [4.78, 5) is 10.6. The molecule has 0 aromatic heterocycles. The van der Waals surface area contributed by atoms with Gasteiger partial charge in [-0.15, -0.1) is 0 Å². The van der Waals surface area contributed by atoms with Gasteiger partial charge in [-0.2, -0.15) is 0 Å². The lowest BCUT2D eigenvalue weighted by molar-refractivity contribution is -0.117. The van der Waals surface area contributed by atoms with E-state index in [1.165, 1.54) is 13.0 Å². The fourth-order valence-electron chi connectivity index (χ4n) is 1.27. The molecule has 0 saturated carbocycles. The van der Waals surface area contributed by atoms with Crippen molar-refractivity contribution in [1.29, 1.82) is 0 Å². The molecular formula is C12H14F2O2. The Morgan fingerprint density at radius 1 is 1.25 bits per heavy atom. The Balaban J connectivity index is 2.34. The van der Waals surface area contributed by atoms with Gasteiger partial charge in [-0.25, -0.2) is 8.78 Å². The zero-order chi connectivity index (χ0) is 12.0. The Labute approximate surface area is 93.2 Å². The quantitative estimate of drug-likeness (QED) is 0.699. The first kappa shape index (κ1) is 12.6. The normalized spacial score (nSPS) is 10.2. The molecule has 0 atom stereocenters. The van der Waals surface area contributed by atoms with Crippen molar-refractivity contribution < 1.29 is 18.3 Å². The molecule has 0 N–H and O–H groups in total. The van der Waals surface area contributed by atoms with Crippen LogP contribution in [0.3, 0.4) is 0 Å². The fraction of sp³-hybridized carbons (Fsp3) is 0.417. The Hall–Kier alpha value is -1.45. The topological polar surface area (TPSA) is 26.3 Å². The highest BCUT2D eigenvalue weighted by Crippen LogP contribution is 2.20. The smallest absolute Gasteiger partial charge is 0.190 e. The molecule has 1 rings (SSSR count). The molecule has 0 aliphatic carbocycles. The lowest BCUT2D eigenvalue weighted by Crippen LogP contribution is -2.02. The molecule has 0 fully saturated rings. The summed E-state index contributed by atoms with van der Waals surface area (Å²) in [5.41, 5.74) is 0. The lowest BCUT2D eigenvalue weighted by Gasteiger charge is -2.07. The van der Waals surface area contributed by atoms with Gasteiger partial charge in [0.2, 0.25) is 0 Å². The molecule has 0 radical (unpaired) electrons. The first-order valence-electron chi connectivity index (χ1n) is 5.17. The first-order chi connectivity index (χ1) is 7.61. The maximum Gasteiger partial charge on any atom is 0.190 e. The summed E-state index contributed by atoms with van der Waals surface area (Å²) in [5, 5.41) is 0. The number of ether oxygens (including phenoxy) is 1. The third-order valence-electron chi connectivity index (χ3n) is 2.09. The van der Waals surface area contributed by atoms with E-state index in [0.717, 1.165) is 12.1 Å². The average molecular weight is 228 g/mol. The van der Waals surface area contributed by atoms with Gasteiger partial charge in [0.1, 0.15) is 5.78 Å². The predicted molar refractivity (Wildman–Crippen MR) is 56.4 cm³/mol. The second kappa shape index (κ2) is 6.20. The number of ketones is 1. The summed E-state index contributed by atoms with van der Waals surface area (Å²) in [5.74, 6) is -1.64. The van der Waals surface area contributed by atoms with Gasteiger partial charge in [-0.05, 0) is 31.9 Å². The van der Waals surface area contributed by atoms with Crippen molar-refractivity contribution in [3.05, 3.63) is 29.8 Å². The van der Waals surface area contributed by atoms with Crippen molar-refractivity contribution in [3.63, 3.8) is 0 Å². The van der Waals surface area contributed by atoms with E-state index in [9.17, 15) is 13.6 Å². The van der Waals surface area contributed by atoms with Gasteiger partial charge < -0.3 is 9.53 Å². The molecule has 0 bridgehead atoms. The molecule has 0 unspecified atom stereocenters. The molecule has 1 aromatic carbocycles. The van der Waals surface area contributed by atoms with Gasteiger partial charge in [0.15, 0.2) is 17.4 Å². The Morgan fingerprint density at radius 2 is 1.88 bits per heavy atom. The zero-order valence-corrected chi connectivity index (χ0v) is 9.13. The third kappa shape index (κ3) is 3.96. The number of hydrogen-bond acceptors (Lipinski definition) is 2. The van der Waals surface area contributed by atoms with Crippen molar-refractivity contribution in [2.24, 2.45) is 0 Å². The highest BCUT2D eigenvalue weighted by atomic mass is 19.1. The molecule has 0 saturated heterocycles. The summed E-state index contributed by atoms with van der Waals surface area (Å²) in [6.07, 6.45) is 1.75. The van der Waals surface area contributed by atoms with E-state index < -0.39 is 11.6 Å². The molecule has 0 heterocycles. The Bertz CT molecular complexity index is 344. The second-order valence-electron chi connectivity index (χ2n) is 3.56. The van der Waals surface area contributed by atoms with Crippen LogP contribution in [0.25, 0.3) is 0 Å². The largest absolute Gasteiger partial charge is 0.488 e. The number of rotatable bonds is 6. The Kier molecular flexibility index (Phi) is 4.89. The van der Waals surface area contributed by atoms with Crippen molar-refractivity contribution in [2.45, 2.75) is 26.2 Å². The van der Waals surface area contributed by atoms with Crippen molar-refractivity contribution in [3.8, 4) is 5.75 Å². The molecule has 88 valence electrons. The van der Waals surface area contributed by atoms with Crippen molar-refractivity contribution >= 4 is 5.78 Å². The zero-order valence-electron chi connectivity index (χ0n) is 9.13. The minimum absolute atomic E-state index is 0.108. The molecule has 2 nitrogen and oxygen atoms in total. The highest BCUT2D eigenvalue weighted by molar-refractivity contribution is 5.75. The van der Waals surface area contributed by atoms with E-state index in [0.29, 0.717) is 19.3 Å². The molecule has 0 aliphatic rings. The van der Waals surface area contributed by atoms with Crippen LogP contribution < -0.4 is 4.74 Å². The molecule has 0 amide bonds. The van der Waals surface area contributed by atoms with E-state index in [1.807, 2.05) is 0 Å². The first-order valence-corrected chi connectivity index (χ1v) is 5.17. The number of carbonyl (C=O) groups excluding carboxylic acids is 1. The van der Waals surface area contributed by atoms with Crippen LogP contribution in [0.2, 0.25) is 0 Å². The van der Waals surface area contributed by atoms with Crippen LogP contribution >= 0.6 is 0 Å². The van der Waals surface area contributed by atoms with E-state index in [-0.39, 0.29) is 18.1 Å². The summed E-state index contributed by atoms with van der Waals surface area (Å²) in [7, 11) is 0. The maximum absolute atomic E-state index is 13.1. The minimum atomic E-state index is -0.702. The van der Waals surface area contributed by atoms with E-state index in [1.54, 1.807) is 0 Å². The molecule has 4 heteroatoms. The third-order valence-corrected chi connectivity index (χ3v) is 2.09. The fourth-order valence-corrected chi connectivity index (χ4v) is 1.27. The van der Waals surface area contributed by atoms with Gasteiger partial charge in [-0.1, -0.05) is 6.07 Å². The van der Waals surface area contributed by atoms with Gasteiger partial charge in [0.25, 0.3) is 0 Å². The maximum atomic E-state index is 13.1. The summed E-state index contributed by atoms with van der Waals surface area (Å²) in [6, 6.07) is 3.58. The van der Waals surface area contributed by atoms with Crippen LogP contribution in [-0.2, 0) is 4.79 Å². The van der Waals surface area contributed by atoms with E-state index in [2.05, 4.69) is 0 Å². The number of halogens is 2. The van der Waals surface area contributed by atoms with Crippen LogP contribution in [0.15, 0.2) is 18.2 Å². The number of para-hydroxylation sites is 1. The minimum Gasteiger partial charge on any atom is -0.488 e. The number of Topliss-reactive ketones (excluding diaryl/α,β-unsaturated/α-hetero) is 1. The monoisotopic (exact) mass is 228 g/mol. The second-order valence-corrected chi connectivity index (χ2v) is 3.56. The molecule has 1 aromatic rings. The summed E-state index contributed by atoms with van der Waals surface area (Å²) in [6.45, 7) is 1.72. The van der Waals surface area contributed by atoms with Crippen LogP contribution in [-0.4, -0.2) is 12.4 Å². The average Bonchev–Trinajstić information content (AvgIpc) is 2.21. The number of unbranched alkanes of at least 4 members (excludes halogenated alkanes) is 1. The van der Waals surface area contributed by atoms with Gasteiger partial charge in [0.05, 0.1) is 6.61 Å². The van der Waals surface area contributed by atoms with Gasteiger partial charge in [-0.3, -0.25) is 0 Å². The molecule has 16 heavy (non-hydrogen) atoms. The van der Waals surface area contributed by atoms with E-state index >= 15 is 0 Å². The van der Waals surface area contributed by atoms with Crippen molar-refractivity contribution in [1.82, 2.24) is 0 Å². The number of carbonyl (C=O) groups is 1. The van der Waals surface area contributed by atoms with Crippen LogP contribution in [0.1, 0.15) is 26.2 Å². The predicted octanol–water partition coefficient (Wildman–Crippen LogP) is 3.10. The number of hydrogen-bond donors (Lipinski definition) is 0. The number of benzene rings is 1. The Morgan fingerprint density at radius 3 is 2.44 bits per heavy atom. The lowest BCUT2D eigenvalue weighted by atomic mass is 10.2. The van der Waals surface area contributed by atoms with Gasteiger partial charge in [0, 0.05) is 6.42 Å². The van der Waals surface area contributed by atoms with Crippen molar-refractivity contribution in [2.75, 3.05) is 6.61 Å². The van der Waals surface area contributed by atoms with Crippen LogP contribution in [0, 0.1) is 11.6 Å². The summed E-state index contributed by atoms with van der Waals surface area (Å²) >= 11 is 0. The summed E-state index contributed by atoms with van der Waals surface area (Å²) < 4.78 is 31.1. The van der Waals surface area contributed by atoms with Crippen LogP contribution in [0.5, 0.6) is 5.75 Å². The van der Waals surface area contributed by atoms with E-state index in [4.69, 9.17) is 4.74 Å². The molecular weight excluding hydrogens is 214 g/mol.